The first kappa shape index (κ1) is 13.7. The molecule has 0 aliphatic rings. The Kier molecular flexibility index (Phi) is 5.66. The van der Waals surface area contributed by atoms with E-state index in [0.717, 1.165) is 5.56 Å². The van der Waals surface area contributed by atoms with Gasteiger partial charge in [-0.1, -0.05) is 29.8 Å². The van der Waals surface area contributed by atoms with E-state index in [1.165, 1.54) is 5.56 Å². The van der Waals surface area contributed by atoms with E-state index < -0.39 is 12.1 Å². The molecule has 1 aromatic rings. The molecule has 0 amide bonds. The van der Waals surface area contributed by atoms with Crippen molar-refractivity contribution < 1.29 is 15.0 Å². The highest BCUT2D eigenvalue weighted by molar-refractivity contribution is 5.66. The number of hydrogen-bond acceptors (Lipinski definition) is 3. The molecule has 0 saturated carbocycles. The Hall–Kier alpha value is -1.39. The summed E-state index contributed by atoms with van der Waals surface area (Å²) in [4.78, 5) is 10.3. The number of rotatable bonds is 7. The van der Waals surface area contributed by atoms with E-state index in [1.807, 2.05) is 31.2 Å². The fourth-order valence-electron chi connectivity index (χ4n) is 1.48. The predicted octanol–water partition coefficient (Wildman–Crippen LogP) is 1.31. The van der Waals surface area contributed by atoms with Crippen LogP contribution in [0, 0.1) is 6.92 Å². The predicted molar refractivity (Wildman–Crippen MR) is 65.8 cm³/mol. The summed E-state index contributed by atoms with van der Waals surface area (Å²) >= 11 is 0. The molecule has 0 radical (unpaired) electrons. The first-order chi connectivity index (χ1) is 8.08. The van der Waals surface area contributed by atoms with E-state index in [2.05, 4.69) is 5.32 Å². The average Bonchev–Trinajstić information content (AvgIpc) is 2.29. The first-order valence-electron chi connectivity index (χ1n) is 5.74. The largest absolute Gasteiger partial charge is 0.481 e. The van der Waals surface area contributed by atoms with Gasteiger partial charge >= 0.3 is 5.97 Å². The minimum absolute atomic E-state index is 0.00732. The number of nitrogens with one attached hydrogen (secondary N) is 1. The Labute approximate surface area is 101 Å². The summed E-state index contributed by atoms with van der Waals surface area (Å²) in [7, 11) is 0. The number of carboxylic acid groups (broad SMARTS) is 1. The second-order valence-corrected chi connectivity index (χ2v) is 4.20. The second-order valence-electron chi connectivity index (χ2n) is 4.20. The van der Waals surface area contributed by atoms with E-state index in [1.54, 1.807) is 0 Å². The quantitative estimate of drug-likeness (QED) is 0.668. The topological polar surface area (TPSA) is 69.6 Å². The van der Waals surface area contributed by atoms with Gasteiger partial charge in [0.15, 0.2) is 0 Å². The molecular weight excluding hydrogens is 218 g/mol. The van der Waals surface area contributed by atoms with Crippen molar-refractivity contribution in [2.45, 2.75) is 32.4 Å². The molecule has 1 aromatic carbocycles. The Balaban J connectivity index is 2.18. The molecule has 3 N–H and O–H groups in total. The molecule has 0 spiro atoms. The second kappa shape index (κ2) is 7.04. The van der Waals surface area contributed by atoms with Crippen molar-refractivity contribution in [3.8, 4) is 0 Å². The maximum absolute atomic E-state index is 10.3. The summed E-state index contributed by atoms with van der Waals surface area (Å²) in [6, 6.07) is 8.15. The normalized spacial score (nSPS) is 12.4. The molecular formula is C13H19NO3. The number of aliphatic hydroxyl groups excluding tert-OH is 1. The maximum Gasteiger partial charge on any atom is 0.303 e. The zero-order valence-electron chi connectivity index (χ0n) is 10.0. The molecule has 1 unspecified atom stereocenters. The van der Waals surface area contributed by atoms with Crippen molar-refractivity contribution in [2.75, 3.05) is 6.54 Å². The fraction of sp³-hybridized carbons (Fsp3) is 0.462. The summed E-state index contributed by atoms with van der Waals surface area (Å²) in [5.74, 6) is -0.873. The van der Waals surface area contributed by atoms with Gasteiger partial charge in [-0.3, -0.25) is 4.79 Å². The number of aryl methyl sites for hydroxylation is 1. The fourth-order valence-corrected chi connectivity index (χ4v) is 1.48. The monoisotopic (exact) mass is 237 g/mol. The van der Waals surface area contributed by atoms with Crippen LogP contribution in [0.2, 0.25) is 0 Å². The van der Waals surface area contributed by atoms with Crippen LogP contribution in [0.25, 0.3) is 0 Å². The summed E-state index contributed by atoms with van der Waals surface area (Å²) < 4.78 is 0. The number of benzene rings is 1. The third kappa shape index (κ3) is 6.04. The van der Waals surface area contributed by atoms with Crippen LogP contribution < -0.4 is 5.32 Å². The third-order valence-corrected chi connectivity index (χ3v) is 2.52. The van der Waals surface area contributed by atoms with Crippen LogP contribution in [-0.2, 0) is 11.3 Å². The molecule has 94 valence electrons. The zero-order chi connectivity index (χ0) is 12.7. The number of aliphatic hydroxyl groups is 1. The van der Waals surface area contributed by atoms with E-state index >= 15 is 0 Å². The standard InChI is InChI=1S/C13H19NO3/c1-10-2-4-11(5-3-10)8-14-9-12(15)6-7-13(16)17/h2-5,12,14-15H,6-9H2,1H3,(H,16,17). The Morgan fingerprint density at radius 2 is 2.00 bits per heavy atom. The molecule has 0 aliphatic carbocycles. The maximum atomic E-state index is 10.3. The average molecular weight is 237 g/mol. The number of hydrogen-bond donors (Lipinski definition) is 3. The zero-order valence-corrected chi connectivity index (χ0v) is 10.0. The van der Waals surface area contributed by atoms with Gasteiger partial charge in [-0.2, -0.15) is 0 Å². The van der Waals surface area contributed by atoms with Crippen molar-refractivity contribution in [3.63, 3.8) is 0 Å². The number of carboxylic acids is 1. The van der Waals surface area contributed by atoms with E-state index in [4.69, 9.17) is 5.11 Å². The highest BCUT2D eigenvalue weighted by Crippen LogP contribution is 2.03. The molecule has 17 heavy (non-hydrogen) atoms. The van der Waals surface area contributed by atoms with Crippen molar-refractivity contribution >= 4 is 5.97 Å². The lowest BCUT2D eigenvalue weighted by Crippen LogP contribution is -2.26. The molecule has 0 saturated heterocycles. The van der Waals surface area contributed by atoms with Gasteiger partial charge in [0, 0.05) is 19.5 Å². The van der Waals surface area contributed by atoms with Crippen molar-refractivity contribution in [3.05, 3.63) is 35.4 Å². The van der Waals surface area contributed by atoms with Crippen molar-refractivity contribution in [2.24, 2.45) is 0 Å². The van der Waals surface area contributed by atoms with Gasteiger partial charge in [0.2, 0.25) is 0 Å². The van der Waals surface area contributed by atoms with Crippen LogP contribution in [0.3, 0.4) is 0 Å². The van der Waals surface area contributed by atoms with Gasteiger partial charge in [-0.05, 0) is 18.9 Å². The number of aliphatic carboxylic acids is 1. The summed E-state index contributed by atoms with van der Waals surface area (Å²) in [5, 5.41) is 21.1. The van der Waals surface area contributed by atoms with Gasteiger partial charge in [-0.15, -0.1) is 0 Å². The van der Waals surface area contributed by atoms with E-state index in [9.17, 15) is 9.90 Å². The van der Waals surface area contributed by atoms with E-state index in [-0.39, 0.29) is 12.8 Å². The summed E-state index contributed by atoms with van der Waals surface area (Å²) in [6.07, 6.45) is -0.305. The smallest absolute Gasteiger partial charge is 0.303 e. The lowest BCUT2D eigenvalue weighted by atomic mass is 10.1. The van der Waals surface area contributed by atoms with Crippen LogP contribution in [0.5, 0.6) is 0 Å². The Morgan fingerprint density at radius 3 is 2.59 bits per heavy atom. The number of carbonyl (C=O) groups is 1. The Morgan fingerprint density at radius 1 is 1.35 bits per heavy atom. The first-order valence-corrected chi connectivity index (χ1v) is 5.74. The molecule has 1 atom stereocenters. The van der Waals surface area contributed by atoms with E-state index in [0.29, 0.717) is 13.1 Å². The molecule has 4 nitrogen and oxygen atoms in total. The SMILES string of the molecule is Cc1ccc(CNCC(O)CCC(=O)O)cc1. The Bertz CT molecular complexity index is 348. The highest BCUT2D eigenvalue weighted by atomic mass is 16.4. The van der Waals surface area contributed by atoms with Gasteiger partial charge in [0.25, 0.3) is 0 Å². The van der Waals surface area contributed by atoms with Gasteiger partial charge in [-0.25, -0.2) is 0 Å². The third-order valence-electron chi connectivity index (χ3n) is 2.52. The van der Waals surface area contributed by atoms with Crippen LogP contribution in [0.4, 0.5) is 0 Å². The molecule has 0 heterocycles. The lowest BCUT2D eigenvalue weighted by Gasteiger charge is -2.10. The highest BCUT2D eigenvalue weighted by Gasteiger charge is 2.06. The molecule has 0 aliphatic heterocycles. The summed E-state index contributed by atoms with van der Waals surface area (Å²) in [6.45, 7) is 3.14. The van der Waals surface area contributed by atoms with Crippen LogP contribution in [-0.4, -0.2) is 28.8 Å². The lowest BCUT2D eigenvalue weighted by molar-refractivity contribution is -0.137. The van der Waals surface area contributed by atoms with Crippen molar-refractivity contribution in [1.82, 2.24) is 5.32 Å². The minimum atomic E-state index is -0.873. The van der Waals surface area contributed by atoms with Gasteiger partial charge in [0.05, 0.1) is 6.10 Å². The minimum Gasteiger partial charge on any atom is -0.481 e. The molecule has 0 fully saturated rings. The molecule has 0 bridgehead atoms. The molecule has 1 rings (SSSR count). The van der Waals surface area contributed by atoms with Crippen molar-refractivity contribution in [1.29, 1.82) is 0 Å². The summed E-state index contributed by atoms with van der Waals surface area (Å²) in [5.41, 5.74) is 2.37. The van der Waals surface area contributed by atoms with Crippen LogP contribution in [0.15, 0.2) is 24.3 Å². The molecule has 4 heteroatoms. The van der Waals surface area contributed by atoms with Gasteiger partial charge < -0.3 is 15.5 Å². The van der Waals surface area contributed by atoms with Gasteiger partial charge in [0.1, 0.15) is 0 Å². The van der Waals surface area contributed by atoms with Crippen LogP contribution in [0.1, 0.15) is 24.0 Å². The molecule has 0 aromatic heterocycles. The van der Waals surface area contributed by atoms with Crippen LogP contribution >= 0.6 is 0 Å².